The number of H-pyrrole nitrogens is 1. The largest absolute Gasteiger partial charge is 0.497 e. The summed E-state index contributed by atoms with van der Waals surface area (Å²) in [6, 6.07) is 5.11. The van der Waals surface area contributed by atoms with E-state index in [-0.39, 0.29) is 17.3 Å². The molecule has 6 heteroatoms. The predicted molar refractivity (Wildman–Crippen MR) is 85.8 cm³/mol. The minimum atomic E-state index is -0.333. The Kier molecular flexibility index (Phi) is 4.02. The SMILES string of the molecule is CCN1CCC(n2c(=O)[nH]c3cc(OC)ccc3c2=O)CC1. The van der Waals surface area contributed by atoms with E-state index >= 15 is 0 Å². The van der Waals surface area contributed by atoms with Gasteiger partial charge in [0.25, 0.3) is 5.56 Å². The normalized spacial score (nSPS) is 17.0. The summed E-state index contributed by atoms with van der Waals surface area (Å²) in [6.07, 6.45) is 1.66. The lowest BCUT2D eigenvalue weighted by Gasteiger charge is -2.31. The molecule has 1 aromatic heterocycles. The number of fused-ring (bicyclic) bond motifs is 1. The summed E-state index contributed by atoms with van der Waals surface area (Å²) >= 11 is 0. The van der Waals surface area contributed by atoms with E-state index < -0.39 is 0 Å². The highest BCUT2D eigenvalue weighted by atomic mass is 16.5. The van der Waals surface area contributed by atoms with Crippen LogP contribution in [0, 0.1) is 0 Å². The molecule has 3 rings (SSSR count). The highest BCUT2D eigenvalue weighted by molar-refractivity contribution is 5.78. The monoisotopic (exact) mass is 303 g/mol. The van der Waals surface area contributed by atoms with Crippen molar-refractivity contribution in [2.75, 3.05) is 26.7 Å². The third-order valence-electron chi connectivity index (χ3n) is 4.51. The van der Waals surface area contributed by atoms with E-state index in [0.29, 0.717) is 16.7 Å². The van der Waals surface area contributed by atoms with Crippen molar-refractivity contribution in [1.82, 2.24) is 14.5 Å². The molecule has 0 bridgehead atoms. The smallest absolute Gasteiger partial charge is 0.329 e. The van der Waals surface area contributed by atoms with Gasteiger partial charge in [0, 0.05) is 25.2 Å². The van der Waals surface area contributed by atoms with E-state index in [4.69, 9.17) is 4.74 Å². The molecule has 0 amide bonds. The first-order chi connectivity index (χ1) is 10.6. The summed E-state index contributed by atoms with van der Waals surface area (Å²) in [5.41, 5.74) is -0.0198. The summed E-state index contributed by atoms with van der Waals surface area (Å²) in [5.74, 6) is 0.622. The average molecular weight is 303 g/mol. The molecule has 1 N–H and O–H groups in total. The number of piperidine rings is 1. The van der Waals surface area contributed by atoms with Crippen molar-refractivity contribution in [1.29, 1.82) is 0 Å². The van der Waals surface area contributed by atoms with Gasteiger partial charge in [0.05, 0.1) is 18.0 Å². The molecule has 0 radical (unpaired) electrons. The van der Waals surface area contributed by atoms with Gasteiger partial charge in [0.2, 0.25) is 0 Å². The number of nitrogens with one attached hydrogen (secondary N) is 1. The molecule has 1 aliphatic rings. The Hall–Kier alpha value is -2.08. The highest BCUT2D eigenvalue weighted by Crippen LogP contribution is 2.21. The van der Waals surface area contributed by atoms with Gasteiger partial charge >= 0.3 is 5.69 Å². The van der Waals surface area contributed by atoms with Crippen molar-refractivity contribution < 1.29 is 4.74 Å². The quantitative estimate of drug-likeness (QED) is 0.929. The number of aromatic amines is 1. The zero-order valence-corrected chi connectivity index (χ0v) is 13.0. The molecule has 22 heavy (non-hydrogen) atoms. The minimum absolute atomic E-state index is 0.0226. The van der Waals surface area contributed by atoms with Crippen LogP contribution >= 0.6 is 0 Å². The molecule has 1 aliphatic heterocycles. The van der Waals surface area contributed by atoms with Crippen LogP contribution in [-0.2, 0) is 0 Å². The second-order valence-corrected chi connectivity index (χ2v) is 5.68. The van der Waals surface area contributed by atoms with Gasteiger partial charge in [-0.3, -0.25) is 9.36 Å². The predicted octanol–water partition coefficient (Wildman–Crippen LogP) is 1.36. The number of hydrogen-bond donors (Lipinski definition) is 1. The number of hydrogen-bond acceptors (Lipinski definition) is 4. The molecule has 2 heterocycles. The fourth-order valence-electron chi connectivity index (χ4n) is 3.16. The Bertz CT molecular complexity index is 785. The van der Waals surface area contributed by atoms with Gasteiger partial charge in [-0.1, -0.05) is 6.92 Å². The van der Waals surface area contributed by atoms with Gasteiger partial charge in [-0.05, 0) is 31.5 Å². The fraction of sp³-hybridized carbons (Fsp3) is 0.500. The van der Waals surface area contributed by atoms with Crippen LogP contribution in [0.5, 0.6) is 5.75 Å². The number of methoxy groups -OCH3 is 1. The van der Waals surface area contributed by atoms with Crippen LogP contribution in [0.25, 0.3) is 10.9 Å². The Morgan fingerprint density at radius 2 is 2.00 bits per heavy atom. The maximum atomic E-state index is 12.7. The van der Waals surface area contributed by atoms with E-state index in [1.165, 1.54) is 4.57 Å². The second kappa shape index (κ2) is 5.96. The third kappa shape index (κ3) is 2.54. The first-order valence-electron chi connectivity index (χ1n) is 7.69. The molecule has 0 atom stereocenters. The van der Waals surface area contributed by atoms with Crippen LogP contribution in [0.2, 0.25) is 0 Å². The Morgan fingerprint density at radius 1 is 1.27 bits per heavy atom. The van der Waals surface area contributed by atoms with E-state index in [9.17, 15) is 9.59 Å². The maximum Gasteiger partial charge on any atom is 0.329 e. The van der Waals surface area contributed by atoms with Gasteiger partial charge in [-0.15, -0.1) is 0 Å². The van der Waals surface area contributed by atoms with Crippen LogP contribution in [0.4, 0.5) is 0 Å². The molecule has 1 saturated heterocycles. The Labute approximate surface area is 128 Å². The molecule has 0 unspecified atom stereocenters. The molecular formula is C16H21N3O3. The van der Waals surface area contributed by atoms with Gasteiger partial charge in [0.1, 0.15) is 5.75 Å². The molecule has 6 nitrogen and oxygen atoms in total. The molecule has 1 aromatic carbocycles. The molecule has 0 saturated carbocycles. The summed E-state index contributed by atoms with van der Waals surface area (Å²) in [7, 11) is 1.56. The second-order valence-electron chi connectivity index (χ2n) is 5.68. The average Bonchev–Trinajstić information content (AvgIpc) is 2.55. The maximum absolute atomic E-state index is 12.7. The standard InChI is InChI=1S/C16H21N3O3/c1-3-18-8-6-11(7-9-18)19-15(20)13-5-4-12(22-2)10-14(13)17-16(19)21/h4-5,10-11H,3,6-9H2,1-2H3,(H,17,21). The zero-order chi connectivity index (χ0) is 15.7. The summed E-state index contributed by atoms with van der Waals surface area (Å²) in [4.78, 5) is 30.2. The van der Waals surface area contributed by atoms with E-state index in [1.54, 1.807) is 25.3 Å². The van der Waals surface area contributed by atoms with Crippen molar-refractivity contribution in [2.24, 2.45) is 0 Å². The zero-order valence-electron chi connectivity index (χ0n) is 13.0. The number of rotatable bonds is 3. The van der Waals surface area contributed by atoms with Gasteiger partial charge < -0.3 is 14.6 Å². The number of likely N-dealkylation sites (tertiary alicyclic amines) is 1. The fourth-order valence-corrected chi connectivity index (χ4v) is 3.16. The van der Waals surface area contributed by atoms with E-state index in [1.807, 2.05) is 0 Å². The van der Waals surface area contributed by atoms with Crippen LogP contribution < -0.4 is 16.0 Å². The van der Waals surface area contributed by atoms with Crippen molar-refractivity contribution in [3.8, 4) is 5.75 Å². The minimum Gasteiger partial charge on any atom is -0.497 e. The van der Waals surface area contributed by atoms with E-state index in [2.05, 4.69) is 16.8 Å². The number of benzene rings is 1. The van der Waals surface area contributed by atoms with Crippen molar-refractivity contribution in [3.63, 3.8) is 0 Å². The lowest BCUT2D eigenvalue weighted by molar-refractivity contribution is 0.190. The lowest BCUT2D eigenvalue weighted by atomic mass is 10.0. The lowest BCUT2D eigenvalue weighted by Crippen LogP contribution is -2.43. The van der Waals surface area contributed by atoms with Crippen LogP contribution in [0.1, 0.15) is 25.8 Å². The summed E-state index contributed by atoms with van der Waals surface area (Å²) < 4.78 is 6.53. The third-order valence-corrected chi connectivity index (χ3v) is 4.51. The van der Waals surface area contributed by atoms with Gasteiger partial charge in [0.15, 0.2) is 0 Å². The number of aromatic nitrogens is 2. The molecular weight excluding hydrogens is 282 g/mol. The Balaban J connectivity index is 2.04. The summed E-state index contributed by atoms with van der Waals surface area (Å²) in [6.45, 7) is 4.99. The van der Waals surface area contributed by atoms with Crippen LogP contribution in [0.3, 0.4) is 0 Å². The van der Waals surface area contributed by atoms with Gasteiger partial charge in [-0.2, -0.15) is 0 Å². The molecule has 0 aliphatic carbocycles. The topological polar surface area (TPSA) is 67.3 Å². The molecule has 0 spiro atoms. The van der Waals surface area contributed by atoms with Crippen LogP contribution in [0.15, 0.2) is 27.8 Å². The first-order valence-corrected chi connectivity index (χ1v) is 7.69. The Morgan fingerprint density at radius 3 is 2.64 bits per heavy atom. The molecule has 2 aromatic rings. The highest BCUT2D eigenvalue weighted by Gasteiger charge is 2.23. The molecule has 1 fully saturated rings. The number of ether oxygens (including phenoxy) is 1. The van der Waals surface area contributed by atoms with Crippen LogP contribution in [-0.4, -0.2) is 41.2 Å². The summed E-state index contributed by atoms with van der Waals surface area (Å²) in [5, 5.41) is 0.526. The molecule has 118 valence electrons. The first kappa shape index (κ1) is 14.8. The van der Waals surface area contributed by atoms with E-state index in [0.717, 1.165) is 32.5 Å². The van der Waals surface area contributed by atoms with Gasteiger partial charge in [-0.25, -0.2) is 4.79 Å². The van der Waals surface area contributed by atoms with Crippen molar-refractivity contribution in [2.45, 2.75) is 25.8 Å². The van der Waals surface area contributed by atoms with Crippen molar-refractivity contribution in [3.05, 3.63) is 39.0 Å². The number of nitrogens with zero attached hydrogens (tertiary/aromatic N) is 2. The van der Waals surface area contributed by atoms with Crippen molar-refractivity contribution >= 4 is 10.9 Å².